The molecule has 1 saturated heterocycles. The fraction of sp³-hybridized carbons (Fsp3) is 0.857. The van der Waals surface area contributed by atoms with Gasteiger partial charge in [-0.1, -0.05) is 0 Å². The first-order chi connectivity index (χ1) is 6.08. The van der Waals surface area contributed by atoms with Crippen LogP contribution in [0.2, 0.25) is 0 Å². The first kappa shape index (κ1) is 10.9. The van der Waals surface area contributed by atoms with Crippen LogP contribution in [-0.4, -0.2) is 39.5 Å². The molecule has 1 rings (SSSR count). The van der Waals surface area contributed by atoms with Gasteiger partial charge in [0, 0.05) is 26.8 Å². The molecule has 13 heavy (non-hydrogen) atoms. The number of rotatable bonds is 4. The average Bonchev–Trinajstić information content (AvgIpc) is 2.41. The molecule has 0 aromatic heterocycles. The van der Waals surface area contributed by atoms with E-state index in [1.807, 2.05) is 6.92 Å². The summed E-state index contributed by atoms with van der Waals surface area (Å²) in [7, 11) is -1.62. The van der Waals surface area contributed by atoms with Crippen molar-refractivity contribution in [2.24, 2.45) is 0 Å². The minimum absolute atomic E-state index is 0.493. The summed E-state index contributed by atoms with van der Waals surface area (Å²) in [4.78, 5) is 0. The topological polar surface area (TPSA) is 58.6 Å². The maximum absolute atomic E-state index is 11.3. The Morgan fingerprint density at radius 2 is 2.31 bits per heavy atom. The number of hydrogen-bond acceptors (Lipinski definition) is 3. The van der Waals surface area contributed by atoms with Crippen LogP contribution < -0.4 is 4.72 Å². The van der Waals surface area contributed by atoms with E-state index in [9.17, 15) is 8.42 Å². The Hall–Kier alpha value is -0.170. The summed E-state index contributed by atoms with van der Waals surface area (Å²) < 4.78 is 31.4. The molecule has 0 atom stereocenters. The van der Waals surface area contributed by atoms with Crippen molar-refractivity contribution in [2.75, 3.05) is 26.8 Å². The van der Waals surface area contributed by atoms with Crippen LogP contribution in [0.1, 0.15) is 13.3 Å². The van der Waals surface area contributed by atoms with Crippen molar-refractivity contribution < 1.29 is 13.2 Å². The van der Waals surface area contributed by atoms with Gasteiger partial charge in [0.25, 0.3) is 10.2 Å². The van der Waals surface area contributed by atoms with Crippen LogP contribution in [0.3, 0.4) is 0 Å². The summed E-state index contributed by atoms with van der Waals surface area (Å²) in [5.74, 6) is 0. The predicted molar refractivity (Wildman–Crippen MR) is 49.0 cm³/mol. The summed E-state index contributed by atoms with van der Waals surface area (Å²) >= 11 is 0. The molecule has 0 saturated carbocycles. The van der Waals surface area contributed by atoms with Gasteiger partial charge in [0.2, 0.25) is 0 Å². The zero-order valence-corrected chi connectivity index (χ0v) is 8.73. The Kier molecular flexibility index (Phi) is 3.66. The molecule has 0 aromatic carbocycles. The Bertz CT molecular complexity index is 252. The van der Waals surface area contributed by atoms with E-state index < -0.39 is 10.2 Å². The molecule has 0 amide bonds. The first-order valence-corrected chi connectivity index (χ1v) is 5.60. The second-order valence-electron chi connectivity index (χ2n) is 2.95. The highest BCUT2D eigenvalue weighted by molar-refractivity contribution is 7.87. The van der Waals surface area contributed by atoms with Crippen LogP contribution in [0.15, 0.2) is 0 Å². The zero-order valence-electron chi connectivity index (χ0n) is 7.91. The van der Waals surface area contributed by atoms with Crippen LogP contribution in [0.25, 0.3) is 0 Å². The van der Waals surface area contributed by atoms with E-state index in [1.54, 1.807) is 7.11 Å². The van der Waals surface area contributed by atoms with E-state index >= 15 is 0 Å². The van der Waals surface area contributed by atoms with Crippen molar-refractivity contribution in [3.63, 3.8) is 0 Å². The molecule has 0 aromatic rings. The predicted octanol–water partition coefficient (Wildman–Crippen LogP) is -0.275. The number of nitrogens with one attached hydrogen (secondary N) is 1. The highest BCUT2D eigenvalue weighted by Crippen LogP contribution is 2.18. The molecular weight excluding hydrogens is 192 g/mol. The van der Waals surface area contributed by atoms with Gasteiger partial charge in [-0.2, -0.15) is 12.7 Å². The van der Waals surface area contributed by atoms with Gasteiger partial charge in [-0.15, -0.1) is 0 Å². The van der Waals surface area contributed by atoms with Gasteiger partial charge in [-0.3, -0.25) is 0 Å². The van der Waals surface area contributed by atoms with Crippen molar-refractivity contribution >= 4 is 10.2 Å². The van der Waals surface area contributed by atoms with Gasteiger partial charge >= 0.3 is 0 Å². The fourth-order valence-corrected chi connectivity index (χ4v) is 2.58. The maximum atomic E-state index is 11.3. The molecule has 5 nitrogen and oxygen atoms in total. The SMILES string of the molecule is COCC[C](C)N1CCNS1(=O)=O. The summed E-state index contributed by atoms with van der Waals surface area (Å²) in [6, 6.07) is 0.826. The molecule has 0 unspecified atom stereocenters. The summed E-state index contributed by atoms with van der Waals surface area (Å²) in [6.07, 6.45) is 0.650. The van der Waals surface area contributed by atoms with Gasteiger partial charge in [0.05, 0.1) is 6.04 Å². The summed E-state index contributed by atoms with van der Waals surface area (Å²) in [5, 5.41) is 0. The molecule has 1 aliphatic heterocycles. The standard InChI is InChI=1S/C7H15N2O3S/c1-7(3-6-12-2)9-5-4-8-13(9,10)11/h8H,3-6H2,1-2H3. The molecule has 77 valence electrons. The van der Waals surface area contributed by atoms with Crippen LogP contribution in [0.5, 0.6) is 0 Å². The van der Waals surface area contributed by atoms with Crippen molar-refractivity contribution in [3.05, 3.63) is 6.04 Å². The molecule has 1 radical (unpaired) electrons. The third-order valence-corrected chi connectivity index (χ3v) is 3.63. The van der Waals surface area contributed by atoms with Gasteiger partial charge in [0.1, 0.15) is 0 Å². The van der Waals surface area contributed by atoms with Crippen molar-refractivity contribution in [1.29, 1.82) is 0 Å². The number of hydrogen-bond donors (Lipinski definition) is 1. The Morgan fingerprint density at radius 3 is 2.77 bits per heavy atom. The summed E-state index contributed by atoms with van der Waals surface area (Å²) in [6.45, 7) is 3.38. The Morgan fingerprint density at radius 1 is 1.62 bits per heavy atom. The van der Waals surface area contributed by atoms with Crippen LogP contribution >= 0.6 is 0 Å². The molecule has 1 aliphatic rings. The smallest absolute Gasteiger partial charge is 0.280 e. The monoisotopic (exact) mass is 207 g/mol. The first-order valence-electron chi connectivity index (χ1n) is 4.16. The van der Waals surface area contributed by atoms with Crippen molar-refractivity contribution in [3.8, 4) is 0 Å². The van der Waals surface area contributed by atoms with E-state index in [2.05, 4.69) is 4.72 Å². The average molecular weight is 207 g/mol. The lowest BCUT2D eigenvalue weighted by atomic mass is 10.2. The molecule has 1 heterocycles. The number of ether oxygens (including phenoxy) is 1. The number of nitrogens with zero attached hydrogens (tertiary/aromatic N) is 1. The van der Waals surface area contributed by atoms with E-state index in [-0.39, 0.29) is 0 Å². The van der Waals surface area contributed by atoms with E-state index in [0.717, 1.165) is 6.04 Å². The second kappa shape index (κ2) is 4.36. The fourth-order valence-electron chi connectivity index (χ4n) is 1.24. The van der Waals surface area contributed by atoms with Crippen molar-refractivity contribution in [1.82, 2.24) is 9.03 Å². The highest BCUT2D eigenvalue weighted by Gasteiger charge is 2.31. The van der Waals surface area contributed by atoms with Crippen LogP contribution in [0, 0.1) is 6.04 Å². The second-order valence-corrected chi connectivity index (χ2v) is 4.63. The molecule has 0 bridgehead atoms. The van der Waals surface area contributed by atoms with Gasteiger partial charge in [-0.05, 0) is 13.3 Å². The normalized spacial score (nSPS) is 22.7. The largest absolute Gasteiger partial charge is 0.385 e. The molecule has 0 spiro atoms. The molecule has 0 aliphatic carbocycles. The van der Waals surface area contributed by atoms with Crippen LogP contribution in [-0.2, 0) is 14.9 Å². The third kappa shape index (κ3) is 2.63. The van der Waals surface area contributed by atoms with E-state index in [4.69, 9.17) is 4.74 Å². The zero-order chi connectivity index (χ0) is 9.90. The minimum atomic E-state index is -3.23. The van der Waals surface area contributed by atoms with Crippen LogP contribution in [0.4, 0.5) is 0 Å². The van der Waals surface area contributed by atoms with Gasteiger partial charge < -0.3 is 4.74 Å². The lowest BCUT2D eigenvalue weighted by molar-refractivity contribution is 0.190. The third-order valence-electron chi connectivity index (χ3n) is 1.98. The Balaban J connectivity index is 2.51. The molecule has 1 N–H and O–H groups in total. The highest BCUT2D eigenvalue weighted by atomic mass is 32.2. The van der Waals surface area contributed by atoms with E-state index in [1.165, 1.54) is 4.31 Å². The number of methoxy groups -OCH3 is 1. The molecular formula is C7H15N2O3S. The summed E-state index contributed by atoms with van der Waals surface area (Å²) in [5.41, 5.74) is 0. The quantitative estimate of drug-likeness (QED) is 0.690. The Labute approximate surface area is 79.2 Å². The lowest BCUT2D eigenvalue weighted by Gasteiger charge is -2.20. The molecule has 1 fully saturated rings. The van der Waals surface area contributed by atoms with Gasteiger partial charge in [-0.25, -0.2) is 4.72 Å². The van der Waals surface area contributed by atoms with Gasteiger partial charge in [0.15, 0.2) is 0 Å². The van der Waals surface area contributed by atoms with E-state index in [0.29, 0.717) is 26.1 Å². The maximum Gasteiger partial charge on any atom is 0.280 e. The van der Waals surface area contributed by atoms with Crippen molar-refractivity contribution in [2.45, 2.75) is 13.3 Å². The minimum Gasteiger partial charge on any atom is -0.385 e. The molecule has 6 heteroatoms. The lowest BCUT2D eigenvalue weighted by Crippen LogP contribution is -2.32.